The zero-order valence-electron chi connectivity index (χ0n) is 16.7. The second-order valence-electron chi connectivity index (χ2n) is 7.36. The van der Waals surface area contributed by atoms with Gasteiger partial charge in [-0.1, -0.05) is 30.3 Å². The van der Waals surface area contributed by atoms with Gasteiger partial charge in [0.1, 0.15) is 5.58 Å². The van der Waals surface area contributed by atoms with Gasteiger partial charge < -0.3 is 19.0 Å². The molecule has 5 rings (SSSR count). The number of ether oxygens (including phenoxy) is 1. The SMILES string of the molecule is COc1ccnc(N2CCN(C(=O)Cc3coc4ccc5ccccc5c34)CC2)n1. The molecule has 0 radical (unpaired) electrons. The molecule has 7 heteroatoms. The third-order valence-corrected chi connectivity index (χ3v) is 5.62. The van der Waals surface area contributed by atoms with Gasteiger partial charge in [-0.05, 0) is 16.8 Å². The normalized spacial score (nSPS) is 14.4. The zero-order valence-corrected chi connectivity index (χ0v) is 16.7. The number of furan rings is 1. The molecule has 0 aliphatic carbocycles. The number of fused-ring (bicyclic) bond motifs is 3. The molecule has 1 saturated heterocycles. The standard InChI is InChI=1S/C23H22N4O3/c1-29-20-8-9-24-23(25-20)27-12-10-26(11-13-27)21(28)14-17-15-30-19-7-6-16-4-2-3-5-18(16)22(17)19/h2-9,15H,10-14H2,1H3. The summed E-state index contributed by atoms with van der Waals surface area (Å²) in [7, 11) is 1.59. The van der Waals surface area contributed by atoms with Crippen LogP contribution in [0.3, 0.4) is 0 Å². The molecule has 2 aromatic carbocycles. The number of amides is 1. The molecule has 1 fully saturated rings. The quantitative estimate of drug-likeness (QED) is 0.522. The average molecular weight is 402 g/mol. The Kier molecular flexibility index (Phi) is 4.71. The predicted molar refractivity (Wildman–Crippen MR) is 115 cm³/mol. The van der Waals surface area contributed by atoms with E-state index in [1.165, 1.54) is 0 Å². The summed E-state index contributed by atoms with van der Waals surface area (Å²) in [6.45, 7) is 2.65. The van der Waals surface area contributed by atoms with Crippen LogP contribution in [0.4, 0.5) is 5.95 Å². The van der Waals surface area contributed by atoms with Gasteiger partial charge in [0, 0.05) is 49.4 Å². The van der Waals surface area contributed by atoms with Gasteiger partial charge in [-0.15, -0.1) is 0 Å². The van der Waals surface area contributed by atoms with E-state index in [2.05, 4.69) is 27.0 Å². The van der Waals surface area contributed by atoms with E-state index in [1.807, 2.05) is 29.2 Å². The summed E-state index contributed by atoms with van der Waals surface area (Å²) in [5, 5.41) is 3.29. The van der Waals surface area contributed by atoms with Gasteiger partial charge in [0.15, 0.2) is 0 Å². The van der Waals surface area contributed by atoms with Crippen LogP contribution in [0.1, 0.15) is 5.56 Å². The fraction of sp³-hybridized carbons (Fsp3) is 0.261. The van der Waals surface area contributed by atoms with E-state index >= 15 is 0 Å². The van der Waals surface area contributed by atoms with Gasteiger partial charge in [0.05, 0.1) is 19.8 Å². The number of carbonyl (C=O) groups excluding carboxylic acids is 1. The van der Waals surface area contributed by atoms with Crippen molar-refractivity contribution in [2.24, 2.45) is 0 Å². The number of rotatable bonds is 4. The van der Waals surface area contributed by atoms with Gasteiger partial charge in [-0.3, -0.25) is 4.79 Å². The van der Waals surface area contributed by atoms with Crippen LogP contribution < -0.4 is 9.64 Å². The van der Waals surface area contributed by atoms with E-state index in [0.29, 0.717) is 44.4 Å². The first-order valence-electron chi connectivity index (χ1n) is 10.0. The van der Waals surface area contributed by atoms with Gasteiger partial charge in [0.25, 0.3) is 0 Å². The van der Waals surface area contributed by atoms with Crippen molar-refractivity contribution in [1.29, 1.82) is 0 Å². The van der Waals surface area contributed by atoms with E-state index in [9.17, 15) is 4.79 Å². The summed E-state index contributed by atoms with van der Waals surface area (Å²) >= 11 is 0. The van der Waals surface area contributed by atoms with Crippen molar-refractivity contribution >= 4 is 33.6 Å². The lowest BCUT2D eigenvalue weighted by molar-refractivity contribution is -0.130. The van der Waals surface area contributed by atoms with Gasteiger partial charge in [-0.25, -0.2) is 4.98 Å². The van der Waals surface area contributed by atoms with Crippen molar-refractivity contribution < 1.29 is 13.9 Å². The Labute approximate surface area is 173 Å². The Morgan fingerprint density at radius 3 is 2.77 bits per heavy atom. The van der Waals surface area contributed by atoms with Crippen molar-refractivity contribution in [2.75, 3.05) is 38.2 Å². The molecule has 1 aliphatic rings. The van der Waals surface area contributed by atoms with Crippen molar-refractivity contribution in [1.82, 2.24) is 14.9 Å². The Morgan fingerprint density at radius 2 is 1.93 bits per heavy atom. The molecule has 152 valence electrons. The predicted octanol–water partition coefficient (Wildman–Crippen LogP) is 3.28. The molecule has 3 heterocycles. The first kappa shape index (κ1) is 18.4. The van der Waals surface area contributed by atoms with Gasteiger partial charge in [-0.2, -0.15) is 4.98 Å². The lowest BCUT2D eigenvalue weighted by Gasteiger charge is -2.34. The maximum atomic E-state index is 13.0. The van der Waals surface area contributed by atoms with Crippen molar-refractivity contribution in [3.8, 4) is 5.88 Å². The topological polar surface area (TPSA) is 71.7 Å². The molecule has 0 saturated carbocycles. The number of methoxy groups -OCH3 is 1. The number of carbonyl (C=O) groups is 1. The number of hydrogen-bond donors (Lipinski definition) is 0. The van der Waals surface area contributed by atoms with Crippen LogP contribution >= 0.6 is 0 Å². The van der Waals surface area contributed by atoms with Crippen LogP contribution in [-0.2, 0) is 11.2 Å². The van der Waals surface area contributed by atoms with Gasteiger partial charge in [0.2, 0.25) is 17.7 Å². The molecule has 7 nitrogen and oxygen atoms in total. The van der Waals surface area contributed by atoms with Crippen LogP contribution in [-0.4, -0.2) is 54.1 Å². The Morgan fingerprint density at radius 1 is 1.10 bits per heavy atom. The minimum atomic E-state index is 0.108. The molecule has 4 aromatic rings. The summed E-state index contributed by atoms with van der Waals surface area (Å²) in [5.74, 6) is 1.28. The highest BCUT2D eigenvalue weighted by molar-refractivity contribution is 6.08. The molecule has 2 aromatic heterocycles. The van der Waals surface area contributed by atoms with Crippen molar-refractivity contribution in [3.05, 3.63) is 60.5 Å². The fourth-order valence-electron chi connectivity index (χ4n) is 4.03. The van der Waals surface area contributed by atoms with E-state index in [1.54, 1.807) is 25.6 Å². The molecular formula is C23H22N4O3. The second kappa shape index (κ2) is 7.67. The third kappa shape index (κ3) is 3.32. The number of hydrogen-bond acceptors (Lipinski definition) is 6. The largest absolute Gasteiger partial charge is 0.481 e. The number of aromatic nitrogens is 2. The van der Waals surface area contributed by atoms with Crippen LogP contribution in [0.5, 0.6) is 5.88 Å². The highest BCUT2D eigenvalue weighted by Crippen LogP contribution is 2.30. The van der Waals surface area contributed by atoms with E-state index in [-0.39, 0.29) is 5.91 Å². The van der Waals surface area contributed by atoms with Crippen LogP contribution in [0.15, 0.2) is 59.3 Å². The molecule has 1 amide bonds. The molecule has 0 atom stereocenters. The highest BCUT2D eigenvalue weighted by atomic mass is 16.5. The molecule has 0 bridgehead atoms. The Bertz CT molecular complexity index is 1210. The zero-order chi connectivity index (χ0) is 20.5. The van der Waals surface area contributed by atoms with Crippen LogP contribution in [0.2, 0.25) is 0 Å². The maximum Gasteiger partial charge on any atom is 0.228 e. The first-order chi connectivity index (χ1) is 14.7. The summed E-state index contributed by atoms with van der Waals surface area (Å²) in [5.41, 5.74) is 1.75. The highest BCUT2D eigenvalue weighted by Gasteiger charge is 2.24. The Balaban J connectivity index is 1.30. The molecular weight excluding hydrogens is 380 g/mol. The van der Waals surface area contributed by atoms with Gasteiger partial charge >= 0.3 is 0 Å². The third-order valence-electron chi connectivity index (χ3n) is 5.62. The van der Waals surface area contributed by atoms with Crippen LogP contribution in [0.25, 0.3) is 21.7 Å². The van der Waals surface area contributed by atoms with Crippen LogP contribution in [0, 0.1) is 0 Å². The molecule has 30 heavy (non-hydrogen) atoms. The van der Waals surface area contributed by atoms with Crippen molar-refractivity contribution in [3.63, 3.8) is 0 Å². The number of piperazine rings is 1. The smallest absolute Gasteiger partial charge is 0.228 e. The second-order valence-corrected chi connectivity index (χ2v) is 7.36. The maximum absolute atomic E-state index is 13.0. The molecule has 0 N–H and O–H groups in total. The fourth-order valence-corrected chi connectivity index (χ4v) is 4.03. The average Bonchev–Trinajstić information content (AvgIpc) is 3.22. The number of nitrogens with zero attached hydrogens (tertiary/aromatic N) is 4. The summed E-state index contributed by atoms with van der Waals surface area (Å²) in [6, 6.07) is 13.9. The summed E-state index contributed by atoms with van der Waals surface area (Å²) < 4.78 is 10.9. The van der Waals surface area contributed by atoms with E-state index in [4.69, 9.17) is 9.15 Å². The lowest BCUT2D eigenvalue weighted by atomic mass is 10.0. The first-order valence-corrected chi connectivity index (χ1v) is 10.0. The molecule has 0 unspecified atom stereocenters. The monoisotopic (exact) mass is 402 g/mol. The number of benzene rings is 2. The molecule has 1 aliphatic heterocycles. The lowest BCUT2D eigenvalue weighted by Crippen LogP contribution is -2.49. The molecule has 0 spiro atoms. The van der Waals surface area contributed by atoms with E-state index < -0.39 is 0 Å². The Hall–Kier alpha value is -3.61. The summed E-state index contributed by atoms with van der Waals surface area (Å²) in [6.07, 6.45) is 3.74. The minimum absolute atomic E-state index is 0.108. The van der Waals surface area contributed by atoms with Crippen molar-refractivity contribution in [2.45, 2.75) is 6.42 Å². The van der Waals surface area contributed by atoms with E-state index in [0.717, 1.165) is 27.3 Å². The summed E-state index contributed by atoms with van der Waals surface area (Å²) in [4.78, 5) is 25.7. The number of anilines is 1. The minimum Gasteiger partial charge on any atom is -0.481 e.